The number of carbonyl (C=O) groups is 2. The number of hydrogen-bond acceptors (Lipinski definition) is 6. The van der Waals surface area contributed by atoms with Crippen molar-refractivity contribution in [3.63, 3.8) is 0 Å². The standard InChI is InChI=1S/C23H22N2O5S2/c26-22(25-13-5-11-20(25)21-12-6-14-31-21)16-30-23(27)17-7-4-8-18(15-17)24-32(28,29)19-9-2-1-3-10-19/h1-4,6-10,12,14-15,20,24H,5,11,13,16H2. The van der Waals surface area contributed by atoms with E-state index in [1.165, 1.54) is 30.3 Å². The summed E-state index contributed by atoms with van der Waals surface area (Å²) in [7, 11) is -3.78. The number of anilines is 1. The normalized spacial score (nSPS) is 16.0. The van der Waals surface area contributed by atoms with Crippen molar-refractivity contribution in [2.75, 3.05) is 17.9 Å². The molecule has 1 unspecified atom stereocenters. The Bertz CT molecular complexity index is 1190. The lowest BCUT2D eigenvalue weighted by molar-refractivity contribution is -0.135. The maximum Gasteiger partial charge on any atom is 0.338 e. The first-order chi connectivity index (χ1) is 15.4. The van der Waals surface area contributed by atoms with Gasteiger partial charge in [0.25, 0.3) is 15.9 Å². The fraction of sp³-hybridized carbons (Fsp3) is 0.217. The summed E-state index contributed by atoms with van der Waals surface area (Å²) >= 11 is 1.61. The van der Waals surface area contributed by atoms with Gasteiger partial charge in [-0.05, 0) is 54.6 Å². The molecule has 1 saturated heterocycles. The van der Waals surface area contributed by atoms with Gasteiger partial charge in [-0.25, -0.2) is 13.2 Å². The molecule has 1 N–H and O–H groups in total. The molecule has 1 atom stereocenters. The van der Waals surface area contributed by atoms with E-state index in [0.29, 0.717) is 6.54 Å². The van der Waals surface area contributed by atoms with Crippen molar-refractivity contribution in [3.8, 4) is 0 Å². The Kier molecular flexibility index (Phi) is 6.57. The van der Waals surface area contributed by atoms with Crippen LogP contribution in [0.4, 0.5) is 5.69 Å². The summed E-state index contributed by atoms with van der Waals surface area (Å²) in [5.41, 5.74) is 0.384. The van der Waals surface area contributed by atoms with Crippen LogP contribution in [-0.2, 0) is 19.6 Å². The Balaban J connectivity index is 1.38. The lowest BCUT2D eigenvalue weighted by Gasteiger charge is -2.23. The predicted molar refractivity (Wildman–Crippen MR) is 122 cm³/mol. The highest BCUT2D eigenvalue weighted by molar-refractivity contribution is 7.92. The number of sulfonamides is 1. The predicted octanol–water partition coefficient (Wildman–Crippen LogP) is 4.07. The average Bonchev–Trinajstić information content (AvgIpc) is 3.49. The van der Waals surface area contributed by atoms with E-state index >= 15 is 0 Å². The van der Waals surface area contributed by atoms with Gasteiger partial charge in [0.1, 0.15) is 0 Å². The fourth-order valence-corrected chi connectivity index (χ4v) is 5.60. The van der Waals surface area contributed by atoms with Crippen LogP contribution in [0.3, 0.4) is 0 Å². The summed E-state index contributed by atoms with van der Waals surface area (Å²) in [5, 5.41) is 1.98. The Labute approximate surface area is 190 Å². The van der Waals surface area contributed by atoms with Gasteiger partial charge in [0, 0.05) is 17.1 Å². The third-order valence-electron chi connectivity index (χ3n) is 5.18. The summed E-state index contributed by atoms with van der Waals surface area (Å²) < 4.78 is 32.7. The van der Waals surface area contributed by atoms with Crippen LogP contribution in [-0.4, -0.2) is 38.3 Å². The molecule has 32 heavy (non-hydrogen) atoms. The number of ether oxygens (including phenoxy) is 1. The van der Waals surface area contributed by atoms with Crippen LogP contribution in [0.5, 0.6) is 0 Å². The molecule has 1 aromatic heterocycles. The molecule has 2 aromatic carbocycles. The molecule has 1 fully saturated rings. The smallest absolute Gasteiger partial charge is 0.338 e. The molecule has 7 nitrogen and oxygen atoms in total. The quantitative estimate of drug-likeness (QED) is 0.526. The van der Waals surface area contributed by atoms with Crippen LogP contribution in [0, 0.1) is 0 Å². The largest absolute Gasteiger partial charge is 0.452 e. The Morgan fingerprint density at radius 1 is 1.06 bits per heavy atom. The van der Waals surface area contributed by atoms with E-state index in [1.54, 1.807) is 40.5 Å². The van der Waals surface area contributed by atoms with Gasteiger partial charge in [0.15, 0.2) is 6.61 Å². The van der Waals surface area contributed by atoms with Gasteiger partial charge in [-0.2, -0.15) is 0 Å². The van der Waals surface area contributed by atoms with E-state index in [2.05, 4.69) is 4.72 Å². The van der Waals surface area contributed by atoms with Crippen LogP contribution in [0.15, 0.2) is 77.0 Å². The summed E-state index contributed by atoms with van der Waals surface area (Å²) in [6.07, 6.45) is 1.80. The fourth-order valence-electron chi connectivity index (χ4n) is 3.66. The first-order valence-corrected chi connectivity index (χ1v) is 12.5. The number of nitrogens with one attached hydrogen (secondary N) is 1. The molecular weight excluding hydrogens is 448 g/mol. The SMILES string of the molecule is O=C(OCC(=O)N1CCCC1c1cccs1)c1cccc(NS(=O)(=O)c2ccccc2)c1. The molecule has 4 rings (SSSR count). The van der Waals surface area contributed by atoms with Gasteiger partial charge in [0.2, 0.25) is 0 Å². The zero-order valence-corrected chi connectivity index (χ0v) is 18.8. The van der Waals surface area contributed by atoms with Crippen LogP contribution in [0.1, 0.15) is 34.1 Å². The molecule has 0 spiro atoms. The zero-order valence-electron chi connectivity index (χ0n) is 17.1. The Morgan fingerprint density at radius 3 is 2.62 bits per heavy atom. The van der Waals surface area contributed by atoms with Gasteiger partial charge in [-0.1, -0.05) is 30.3 Å². The number of thiophene rings is 1. The monoisotopic (exact) mass is 470 g/mol. The lowest BCUT2D eigenvalue weighted by Crippen LogP contribution is -2.34. The molecule has 0 bridgehead atoms. The molecule has 1 aliphatic rings. The van der Waals surface area contributed by atoms with Crippen LogP contribution < -0.4 is 4.72 Å². The Morgan fingerprint density at radius 2 is 1.88 bits per heavy atom. The van der Waals surface area contributed by atoms with Crippen molar-refractivity contribution >= 4 is 38.9 Å². The van der Waals surface area contributed by atoms with Crippen molar-refractivity contribution in [2.24, 2.45) is 0 Å². The molecule has 0 radical (unpaired) electrons. The van der Waals surface area contributed by atoms with Crippen molar-refractivity contribution in [1.29, 1.82) is 0 Å². The zero-order chi connectivity index (χ0) is 22.6. The number of amides is 1. The van der Waals surface area contributed by atoms with Crippen LogP contribution >= 0.6 is 11.3 Å². The summed E-state index contributed by atoms with van der Waals surface area (Å²) in [5.74, 6) is -0.929. The maximum absolute atomic E-state index is 12.7. The summed E-state index contributed by atoms with van der Waals surface area (Å²) in [6, 6.07) is 17.9. The minimum absolute atomic E-state index is 0.0249. The number of hydrogen-bond donors (Lipinski definition) is 1. The van der Waals surface area contributed by atoms with Crippen molar-refractivity contribution < 1.29 is 22.7 Å². The van der Waals surface area contributed by atoms with E-state index in [9.17, 15) is 18.0 Å². The number of carbonyl (C=O) groups excluding carboxylic acids is 2. The van der Waals surface area contributed by atoms with Crippen LogP contribution in [0.2, 0.25) is 0 Å². The molecule has 0 aliphatic carbocycles. The highest BCUT2D eigenvalue weighted by Gasteiger charge is 2.31. The number of rotatable bonds is 7. The second-order valence-corrected chi connectivity index (χ2v) is 10.00. The molecule has 1 amide bonds. The maximum atomic E-state index is 12.7. The molecular formula is C23H22N2O5S2. The van der Waals surface area contributed by atoms with Gasteiger partial charge < -0.3 is 9.64 Å². The van der Waals surface area contributed by atoms with E-state index in [4.69, 9.17) is 4.74 Å². The number of likely N-dealkylation sites (tertiary alicyclic amines) is 1. The van der Waals surface area contributed by atoms with Crippen LogP contribution in [0.25, 0.3) is 0 Å². The molecule has 1 aliphatic heterocycles. The average molecular weight is 471 g/mol. The number of esters is 1. The highest BCUT2D eigenvalue weighted by Crippen LogP contribution is 2.34. The van der Waals surface area contributed by atoms with Gasteiger partial charge >= 0.3 is 5.97 Å². The molecule has 2 heterocycles. The van der Waals surface area contributed by atoms with Gasteiger partial charge in [-0.15, -0.1) is 11.3 Å². The number of nitrogens with zero attached hydrogens (tertiary/aromatic N) is 1. The third kappa shape index (κ3) is 5.00. The molecule has 0 saturated carbocycles. The van der Waals surface area contributed by atoms with Gasteiger partial charge in [0.05, 0.1) is 16.5 Å². The second kappa shape index (κ2) is 9.54. The topological polar surface area (TPSA) is 92.8 Å². The van der Waals surface area contributed by atoms with Gasteiger partial charge in [-0.3, -0.25) is 9.52 Å². The lowest BCUT2D eigenvalue weighted by atomic mass is 10.2. The molecule has 166 valence electrons. The summed E-state index contributed by atoms with van der Waals surface area (Å²) in [6.45, 7) is 0.274. The first-order valence-electron chi connectivity index (χ1n) is 10.1. The van der Waals surface area contributed by atoms with E-state index in [1.807, 2.05) is 17.5 Å². The minimum atomic E-state index is -3.78. The Hall–Kier alpha value is -3.17. The second-order valence-electron chi connectivity index (χ2n) is 7.34. The minimum Gasteiger partial charge on any atom is -0.452 e. The van der Waals surface area contributed by atoms with E-state index < -0.39 is 16.0 Å². The highest BCUT2D eigenvalue weighted by atomic mass is 32.2. The van der Waals surface area contributed by atoms with Crippen molar-refractivity contribution in [1.82, 2.24) is 4.90 Å². The van der Waals surface area contributed by atoms with E-state index in [0.717, 1.165) is 17.7 Å². The van der Waals surface area contributed by atoms with Crippen molar-refractivity contribution in [3.05, 3.63) is 82.6 Å². The summed E-state index contributed by atoms with van der Waals surface area (Å²) in [4.78, 5) is 28.1. The number of benzene rings is 2. The van der Waals surface area contributed by atoms with Crippen molar-refractivity contribution in [2.45, 2.75) is 23.8 Å². The molecule has 3 aromatic rings. The van der Waals surface area contributed by atoms with E-state index in [-0.39, 0.29) is 34.7 Å². The third-order valence-corrected chi connectivity index (χ3v) is 7.55. The first kappa shape index (κ1) is 22.0. The molecule has 9 heteroatoms.